The molecule has 6 nitrogen and oxygen atoms in total. The summed E-state index contributed by atoms with van der Waals surface area (Å²) in [5.74, 6) is 1.81. The SMILES string of the molecule is CCNC(=NCCc1c[nH]c2ncccc12)NC1CCOc2ccccc21. The Morgan fingerprint density at radius 2 is 2.22 bits per heavy atom. The molecule has 1 atom stereocenters. The smallest absolute Gasteiger partial charge is 0.191 e. The van der Waals surface area contributed by atoms with E-state index in [1.807, 2.05) is 24.4 Å². The van der Waals surface area contributed by atoms with E-state index in [-0.39, 0.29) is 6.04 Å². The van der Waals surface area contributed by atoms with Gasteiger partial charge in [0.1, 0.15) is 11.4 Å². The standard InChI is InChI=1S/C21H25N5O/c1-2-22-21(26-18-10-13-27-19-8-4-3-6-17(18)19)24-12-9-15-14-25-20-16(15)7-5-11-23-20/h3-8,11,14,18H,2,9-10,12-13H2,1H3,(H,23,25)(H2,22,24,26). The third-order valence-corrected chi connectivity index (χ3v) is 4.80. The molecule has 27 heavy (non-hydrogen) atoms. The summed E-state index contributed by atoms with van der Waals surface area (Å²) < 4.78 is 5.76. The summed E-state index contributed by atoms with van der Waals surface area (Å²) in [6, 6.07) is 12.5. The summed E-state index contributed by atoms with van der Waals surface area (Å²) in [6.07, 6.45) is 5.63. The van der Waals surface area contributed by atoms with Gasteiger partial charge in [-0.15, -0.1) is 0 Å². The number of aromatic amines is 1. The monoisotopic (exact) mass is 363 g/mol. The second-order valence-electron chi connectivity index (χ2n) is 6.60. The number of aromatic nitrogens is 2. The van der Waals surface area contributed by atoms with Crippen molar-refractivity contribution in [1.82, 2.24) is 20.6 Å². The second-order valence-corrected chi connectivity index (χ2v) is 6.60. The average Bonchev–Trinajstić information content (AvgIpc) is 3.12. The van der Waals surface area contributed by atoms with Crippen molar-refractivity contribution in [3.05, 3.63) is 59.9 Å². The summed E-state index contributed by atoms with van der Waals surface area (Å²) >= 11 is 0. The van der Waals surface area contributed by atoms with E-state index in [1.54, 1.807) is 6.20 Å². The number of nitrogens with zero attached hydrogens (tertiary/aromatic N) is 2. The van der Waals surface area contributed by atoms with Crippen molar-refractivity contribution in [1.29, 1.82) is 0 Å². The van der Waals surface area contributed by atoms with Gasteiger partial charge in [0.2, 0.25) is 0 Å². The van der Waals surface area contributed by atoms with Gasteiger partial charge in [-0.2, -0.15) is 0 Å². The first-order valence-electron chi connectivity index (χ1n) is 9.52. The fourth-order valence-electron chi connectivity index (χ4n) is 3.48. The van der Waals surface area contributed by atoms with E-state index in [9.17, 15) is 0 Å². The Labute approximate surface area is 159 Å². The van der Waals surface area contributed by atoms with E-state index in [0.717, 1.165) is 43.3 Å². The lowest BCUT2D eigenvalue weighted by atomic mass is 10.0. The molecule has 4 rings (SSSR count). The van der Waals surface area contributed by atoms with Gasteiger partial charge in [0.05, 0.1) is 12.6 Å². The number of para-hydroxylation sites is 1. The maximum Gasteiger partial charge on any atom is 0.191 e. The number of pyridine rings is 1. The Balaban J connectivity index is 1.45. The first-order valence-corrected chi connectivity index (χ1v) is 9.52. The molecule has 3 N–H and O–H groups in total. The molecule has 6 heteroatoms. The van der Waals surface area contributed by atoms with Gasteiger partial charge in [0.25, 0.3) is 0 Å². The lowest BCUT2D eigenvalue weighted by Crippen LogP contribution is -2.41. The lowest BCUT2D eigenvalue weighted by molar-refractivity contribution is 0.261. The van der Waals surface area contributed by atoms with Crippen molar-refractivity contribution in [2.75, 3.05) is 19.7 Å². The van der Waals surface area contributed by atoms with Crippen LogP contribution in [-0.4, -0.2) is 35.6 Å². The van der Waals surface area contributed by atoms with Gasteiger partial charge >= 0.3 is 0 Å². The molecule has 0 bridgehead atoms. The molecular formula is C21H25N5O. The zero-order valence-corrected chi connectivity index (χ0v) is 15.5. The number of guanidine groups is 1. The van der Waals surface area contributed by atoms with Crippen LogP contribution in [0.1, 0.15) is 30.5 Å². The van der Waals surface area contributed by atoms with Crippen LogP contribution in [-0.2, 0) is 6.42 Å². The zero-order chi connectivity index (χ0) is 18.5. The first-order chi connectivity index (χ1) is 13.3. The van der Waals surface area contributed by atoms with Crippen LogP contribution in [0.5, 0.6) is 5.75 Å². The lowest BCUT2D eigenvalue weighted by Gasteiger charge is -2.28. The van der Waals surface area contributed by atoms with Gasteiger partial charge in [0, 0.05) is 42.9 Å². The van der Waals surface area contributed by atoms with Crippen LogP contribution in [0.25, 0.3) is 11.0 Å². The van der Waals surface area contributed by atoms with E-state index in [4.69, 9.17) is 9.73 Å². The third kappa shape index (κ3) is 3.89. The van der Waals surface area contributed by atoms with Crippen molar-refractivity contribution < 1.29 is 4.74 Å². The number of nitrogens with one attached hydrogen (secondary N) is 3. The van der Waals surface area contributed by atoms with E-state index >= 15 is 0 Å². The molecule has 140 valence electrons. The minimum Gasteiger partial charge on any atom is -0.493 e. The second kappa shape index (κ2) is 8.12. The number of fused-ring (bicyclic) bond motifs is 2. The molecule has 0 radical (unpaired) electrons. The van der Waals surface area contributed by atoms with E-state index in [1.165, 1.54) is 16.5 Å². The summed E-state index contributed by atoms with van der Waals surface area (Å²) in [4.78, 5) is 12.4. The highest BCUT2D eigenvalue weighted by Crippen LogP contribution is 2.31. The van der Waals surface area contributed by atoms with Crippen molar-refractivity contribution >= 4 is 17.0 Å². The van der Waals surface area contributed by atoms with Gasteiger partial charge in [-0.25, -0.2) is 4.98 Å². The van der Waals surface area contributed by atoms with Crippen molar-refractivity contribution in [2.24, 2.45) is 4.99 Å². The topological polar surface area (TPSA) is 74.3 Å². The molecule has 0 spiro atoms. The molecule has 1 aliphatic heterocycles. The molecule has 0 saturated heterocycles. The average molecular weight is 363 g/mol. The highest BCUT2D eigenvalue weighted by Gasteiger charge is 2.21. The highest BCUT2D eigenvalue weighted by atomic mass is 16.5. The fraction of sp³-hybridized carbons (Fsp3) is 0.333. The number of rotatable bonds is 5. The molecule has 2 aromatic heterocycles. The summed E-state index contributed by atoms with van der Waals surface area (Å²) in [7, 11) is 0. The van der Waals surface area contributed by atoms with E-state index in [0.29, 0.717) is 6.54 Å². The fourth-order valence-corrected chi connectivity index (χ4v) is 3.48. The zero-order valence-electron chi connectivity index (χ0n) is 15.5. The Morgan fingerprint density at radius 1 is 1.30 bits per heavy atom. The van der Waals surface area contributed by atoms with Crippen LogP contribution in [0.2, 0.25) is 0 Å². The Kier molecular flexibility index (Phi) is 5.23. The Hall–Kier alpha value is -3.02. The molecular weight excluding hydrogens is 338 g/mol. The molecule has 3 aromatic rings. The summed E-state index contributed by atoms with van der Waals surface area (Å²) in [6.45, 7) is 4.34. The molecule has 1 unspecified atom stereocenters. The maximum absolute atomic E-state index is 5.76. The highest BCUT2D eigenvalue weighted by molar-refractivity contribution is 5.81. The summed E-state index contributed by atoms with van der Waals surface area (Å²) in [5, 5.41) is 8.10. The number of hydrogen-bond acceptors (Lipinski definition) is 3. The molecule has 0 fully saturated rings. The van der Waals surface area contributed by atoms with E-state index in [2.05, 4.69) is 45.7 Å². The predicted molar refractivity (Wildman–Crippen MR) is 108 cm³/mol. The van der Waals surface area contributed by atoms with Gasteiger partial charge < -0.3 is 20.4 Å². The number of aliphatic imine (C=N–C) groups is 1. The number of H-pyrrole nitrogens is 1. The van der Waals surface area contributed by atoms with Crippen LogP contribution < -0.4 is 15.4 Å². The predicted octanol–water partition coefficient (Wildman–Crippen LogP) is 3.18. The Morgan fingerprint density at radius 3 is 3.15 bits per heavy atom. The van der Waals surface area contributed by atoms with Crippen LogP contribution in [0.15, 0.2) is 53.8 Å². The van der Waals surface area contributed by atoms with Gasteiger partial charge in [-0.05, 0) is 37.1 Å². The minimum absolute atomic E-state index is 0.213. The molecule has 0 aliphatic carbocycles. The molecule has 1 aromatic carbocycles. The molecule has 1 aliphatic rings. The number of hydrogen-bond donors (Lipinski definition) is 3. The van der Waals surface area contributed by atoms with Crippen molar-refractivity contribution in [3.63, 3.8) is 0 Å². The third-order valence-electron chi connectivity index (χ3n) is 4.80. The molecule has 0 saturated carbocycles. The van der Waals surface area contributed by atoms with Gasteiger partial charge in [-0.1, -0.05) is 18.2 Å². The summed E-state index contributed by atoms with van der Waals surface area (Å²) in [5.41, 5.74) is 3.37. The van der Waals surface area contributed by atoms with E-state index < -0.39 is 0 Å². The largest absolute Gasteiger partial charge is 0.493 e. The van der Waals surface area contributed by atoms with Crippen molar-refractivity contribution in [3.8, 4) is 5.75 Å². The quantitative estimate of drug-likeness (QED) is 0.481. The number of benzene rings is 1. The normalized spacial score (nSPS) is 16.6. The van der Waals surface area contributed by atoms with Crippen LogP contribution in [0.3, 0.4) is 0 Å². The Bertz CT molecular complexity index is 933. The molecule has 3 heterocycles. The van der Waals surface area contributed by atoms with Gasteiger partial charge in [0.15, 0.2) is 5.96 Å². The maximum atomic E-state index is 5.76. The minimum atomic E-state index is 0.213. The first kappa shape index (κ1) is 17.4. The molecule has 0 amide bonds. The van der Waals surface area contributed by atoms with Crippen LogP contribution >= 0.6 is 0 Å². The van der Waals surface area contributed by atoms with Crippen LogP contribution in [0.4, 0.5) is 0 Å². The van der Waals surface area contributed by atoms with Gasteiger partial charge in [-0.3, -0.25) is 4.99 Å². The van der Waals surface area contributed by atoms with Crippen LogP contribution in [0, 0.1) is 0 Å². The number of ether oxygens (including phenoxy) is 1. The van der Waals surface area contributed by atoms with Crippen molar-refractivity contribution in [2.45, 2.75) is 25.8 Å².